The molecule has 2 aliphatic rings. The van der Waals surface area contributed by atoms with Crippen LogP contribution in [0, 0.1) is 17.3 Å². The molecule has 1 aliphatic heterocycles. The molecule has 0 aromatic rings. The van der Waals surface area contributed by atoms with E-state index in [1.807, 2.05) is 0 Å². The number of ether oxygens (including phenoxy) is 2. The van der Waals surface area contributed by atoms with Crippen molar-refractivity contribution in [3.63, 3.8) is 0 Å². The van der Waals surface area contributed by atoms with Crippen LogP contribution < -0.4 is 0 Å². The third-order valence-corrected chi connectivity index (χ3v) is 4.96. The van der Waals surface area contributed by atoms with E-state index < -0.39 is 0 Å². The number of hydrogen-bond donors (Lipinski definition) is 0. The highest BCUT2D eigenvalue weighted by Crippen LogP contribution is 2.52. The lowest BCUT2D eigenvalue weighted by Gasteiger charge is -2.38. The zero-order valence-corrected chi connectivity index (χ0v) is 11.1. The predicted octanol–water partition coefficient (Wildman–Crippen LogP) is 3.08. The first kappa shape index (κ1) is 12.7. The minimum Gasteiger partial charge on any atom is -0.385 e. The summed E-state index contributed by atoms with van der Waals surface area (Å²) in [4.78, 5) is 0. The zero-order chi connectivity index (χ0) is 11.6. The van der Waals surface area contributed by atoms with E-state index in [2.05, 4.69) is 6.92 Å². The summed E-state index contributed by atoms with van der Waals surface area (Å²) in [6.45, 7) is 4.04. The Kier molecular flexibility index (Phi) is 4.15. The lowest BCUT2D eigenvalue weighted by Crippen LogP contribution is -2.40. The molecule has 1 heterocycles. The van der Waals surface area contributed by atoms with Crippen molar-refractivity contribution in [1.29, 1.82) is 0 Å². The Morgan fingerprint density at radius 1 is 1.50 bits per heavy atom. The lowest BCUT2D eigenvalue weighted by molar-refractivity contribution is 0.00787. The highest BCUT2D eigenvalue weighted by molar-refractivity contribution is 6.18. The van der Waals surface area contributed by atoms with E-state index in [0.717, 1.165) is 37.9 Å². The zero-order valence-electron chi connectivity index (χ0n) is 10.4. The fourth-order valence-electron chi connectivity index (χ4n) is 3.07. The van der Waals surface area contributed by atoms with Crippen molar-refractivity contribution in [3.05, 3.63) is 0 Å². The minimum absolute atomic E-state index is 0.210. The summed E-state index contributed by atoms with van der Waals surface area (Å²) in [6.07, 6.45) is 5.30. The number of hydrogen-bond acceptors (Lipinski definition) is 2. The van der Waals surface area contributed by atoms with Gasteiger partial charge in [-0.15, -0.1) is 11.6 Å². The molecule has 0 aromatic heterocycles. The van der Waals surface area contributed by atoms with E-state index in [4.69, 9.17) is 21.1 Å². The van der Waals surface area contributed by atoms with Crippen molar-refractivity contribution < 1.29 is 9.47 Å². The summed E-state index contributed by atoms with van der Waals surface area (Å²) in [5, 5.41) is 0. The Bertz CT molecular complexity index is 230. The van der Waals surface area contributed by atoms with Gasteiger partial charge in [-0.2, -0.15) is 0 Å². The van der Waals surface area contributed by atoms with E-state index in [-0.39, 0.29) is 5.41 Å². The van der Waals surface area contributed by atoms with Crippen LogP contribution in [0.4, 0.5) is 0 Å². The molecule has 1 saturated heterocycles. The Hall–Kier alpha value is 0.210. The average molecular weight is 247 g/mol. The second kappa shape index (κ2) is 5.24. The highest BCUT2D eigenvalue weighted by Gasteiger charge is 2.52. The molecular weight excluding hydrogens is 224 g/mol. The molecule has 2 nitrogen and oxygen atoms in total. The van der Waals surface area contributed by atoms with Crippen molar-refractivity contribution in [2.45, 2.75) is 38.7 Å². The number of rotatable bonds is 6. The molecule has 3 unspecified atom stereocenters. The summed E-state index contributed by atoms with van der Waals surface area (Å²) in [7, 11) is 1.77. The van der Waals surface area contributed by atoms with Gasteiger partial charge in [0.1, 0.15) is 0 Å². The van der Waals surface area contributed by atoms with Gasteiger partial charge in [0.05, 0.1) is 6.10 Å². The molecular formula is C13H23ClO2. The number of methoxy groups -OCH3 is 1. The van der Waals surface area contributed by atoms with Crippen LogP contribution >= 0.6 is 11.6 Å². The van der Waals surface area contributed by atoms with Gasteiger partial charge in [0.15, 0.2) is 0 Å². The fraction of sp³-hybridized carbons (Fsp3) is 1.00. The average Bonchev–Trinajstić information content (AvgIpc) is 3.05. The van der Waals surface area contributed by atoms with Gasteiger partial charge in [0.25, 0.3) is 0 Å². The Labute approximate surface area is 104 Å². The number of alkyl halides is 1. The number of halogens is 1. The van der Waals surface area contributed by atoms with Crippen LogP contribution in [0.3, 0.4) is 0 Å². The van der Waals surface area contributed by atoms with Gasteiger partial charge in [-0.1, -0.05) is 6.92 Å². The Morgan fingerprint density at radius 2 is 2.25 bits per heavy atom. The molecule has 2 fully saturated rings. The Balaban J connectivity index is 2.03. The summed E-state index contributed by atoms with van der Waals surface area (Å²) in [6, 6.07) is 0. The summed E-state index contributed by atoms with van der Waals surface area (Å²) < 4.78 is 11.1. The summed E-state index contributed by atoms with van der Waals surface area (Å²) in [5.74, 6) is 2.11. The molecule has 0 radical (unpaired) electrons. The van der Waals surface area contributed by atoms with Gasteiger partial charge in [-0.3, -0.25) is 0 Å². The van der Waals surface area contributed by atoms with Gasteiger partial charge < -0.3 is 9.47 Å². The van der Waals surface area contributed by atoms with Crippen molar-refractivity contribution in [2.24, 2.45) is 17.3 Å². The van der Waals surface area contributed by atoms with Crippen molar-refractivity contribution in [2.75, 3.05) is 26.2 Å². The first-order chi connectivity index (χ1) is 7.74. The van der Waals surface area contributed by atoms with E-state index in [1.54, 1.807) is 7.11 Å². The van der Waals surface area contributed by atoms with E-state index >= 15 is 0 Å². The van der Waals surface area contributed by atoms with Crippen molar-refractivity contribution >= 4 is 11.6 Å². The third-order valence-electron chi connectivity index (χ3n) is 4.47. The van der Waals surface area contributed by atoms with E-state index in [0.29, 0.717) is 12.0 Å². The largest absolute Gasteiger partial charge is 0.385 e. The van der Waals surface area contributed by atoms with Crippen LogP contribution in [-0.2, 0) is 9.47 Å². The molecule has 1 aliphatic carbocycles. The molecule has 0 spiro atoms. The quantitative estimate of drug-likeness (QED) is 0.671. The normalized spacial score (nSPS) is 36.6. The molecule has 16 heavy (non-hydrogen) atoms. The first-order valence-electron chi connectivity index (χ1n) is 6.41. The van der Waals surface area contributed by atoms with Crippen LogP contribution in [0.25, 0.3) is 0 Å². The molecule has 3 heteroatoms. The molecule has 2 rings (SSSR count). The van der Waals surface area contributed by atoms with Gasteiger partial charge in [-0.05, 0) is 37.5 Å². The van der Waals surface area contributed by atoms with Crippen LogP contribution in [0.1, 0.15) is 32.6 Å². The monoisotopic (exact) mass is 246 g/mol. The summed E-state index contributed by atoms with van der Waals surface area (Å²) >= 11 is 6.28. The van der Waals surface area contributed by atoms with Gasteiger partial charge in [0, 0.05) is 31.6 Å². The SMILES string of the molecule is COCCC(C)C1(CCl)CCOC1C1CC1. The fourth-order valence-corrected chi connectivity index (χ4v) is 3.62. The lowest BCUT2D eigenvalue weighted by atomic mass is 9.70. The molecule has 1 saturated carbocycles. The minimum atomic E-state index is 0.210. The maximum absolute atomic E-state index is 6.28. The summed E-state index contributed by atoms with van der Waals surface area (Å²) in [5.41, 5.74) is 0.210. The highest BCUT2D eigenvalue weighted by atomic mass is 35.5. The third kappa shape index (κ3) is 2.25. The van der Waals surface area contributed by atoms with Crippen molar-refractivity contribution in [1.82, 2.24) is 0 Å². The molecule has 0 aromatic carbocycles. The van der Waals surface area contributed by atoms with E-state index in [9.17, 15) is 0 Å². The van der Waals surface area contributed by atoms with Crippen LogP contribution in [0.5, 0.6) is 0 Å². The second-order valence-corrected chi connectivity index (χ2v) is 5.70. The van der Waals surface area contributed by atoms with Gasteiger partial charge in [0.2, 0.25) is 0 Å². The van der Waals surface area contributed by atoms with Crippen molar-refractivity contribution in [3.8, 4) is 0 Å². The topological polar surface area (TPSA) is 18.5 Å². The molecule has 3 atom stereocenters. The van der Waals surface area contributed by atoms with Crippen LogP contribution in [-0.4, -0.2) is 32.3 Å². The molecule has 0 amide bonds. The standard InChI is InChI=1S/C13H23ClO2/c1-10(5-7-15-2)13(9-14)6-8-16-12(13)11-3-4-11/h10-12H,3-9H2,1-2H3. The predicted molar refractivity (Wildman–Crippen MR) is 65.9 cm³/mol. The Morgan fingerprint density at radius 3 is 2.81 bits per heavy atom. The first-order valence-corrected chi connectivity index (χ1v) is 6.94. The smallest absolute Gasteiger partial charge is 0.0674 e. The molecule has 0 N–H and O–H groups in total. The molecule has 94 valence electrons. The maximum atomic E-state index is 6.28. The second-order valence-electron chi connectivity index (χ2n) is 5.43. The van der Waals surface area contributed by atoms with Crippen LogP contribution in [0.15, 0.2) is 0 Å². The van der Waals surface area contributed by atoms with Crippen LogP contribution in [0.2, 0.25) is 0 Å². The maximum Gasteiger partial charge on any atom is 0.0674 e. The van der Waals surface area contributed by atoms with Gasteiger partial charge in [-0.25, -0.2) is 0 Å². The van der Waals surface area contributed by atoms with Gasteiger partial charge >= 0.3 is 0 Å². The molecule has 0 bridgehead atoms. The van der Waals surface area contributed by atoms with E-state index in [1.165, 1.54) is 12.8 Å².